The third-order valence-electron chi connectivity index (χ3n) is 5.28. The number of nitrogens with zero attached hydrogens (tertiary/aromatic N) is 3. The molecule has 2 aliphatic heterocycles. The Morgan fingerprint density at radius 2 is 2.10 bits per heavy atom. The fourth-order valence-corrected chi connectivity index (χ4v) is 5.94. The second-order valence-corrected chi connectivity index (χ2v) is 10.7. The molecule has 0 radical (unpaired) electrons. The Kier molecular flexibility index (Phi) is 5.24. The standard InChI is InChI=1S/C19H21BrN4O4S/c1-12-7-17(24(22-12)16-5-6-29(27,28)11-16)21-19(26)13-8-18(25)23(10-13)15-4-2-3-14(20)9-15/h2-4,7,9,13,16H,5-6,8,10-11H2,1H3,(H,21,26). The number of nitrogens with one attached hydrogen (secondary N) is 1. The fourth-order valence-electron chi connectivity index (χ4n) is 3.86. The van der Waals surface area contributed by atoms with Crippen LogP contribution in [0.15, 0.2) is 34.8 Å². The molecule has 154 valence electrons. The van der Waals surface area contributed by atoms with E-state index in [1.54, 1.807) is 22.6 Å². The molecule has 2 amide bonds. The van der Waals surface area contributed by atoms with E-state index in [4.69, 9.17) is 0 Å². The van der Waals surface area contributed by atoms with Gasteiger partial charge in [-0.1, -0.05) is 22.0 Å². The summed E-state index contributed by atoms with van der Waals surface area (Å²) >= 11 is 3.40. The minimum Gasteiger partial charge on any atom is -0.312 e. The Morgan fingerprint density at radius 3 is 2.79 bits per heavy atom. The number of benzene rings is 1. The van der Waals surface area contributed by atoms with E-state index in [0.29, 0.717) is 24.5 Å². The molecular formula is C19H21BrN4O4S. The maximum absolute atomic E-state index is 12.8. The molecule has 1 aromatic heterocycles. The van der Waals surface area contributed by atoms with Crippen LogP contribution in [0.4, 0.5) is 11.5 Å². The van der Waals surface area contributed by atoms with Gasteiger partial charge in [-0.15, -0.1) is 0 Å². The molecule has 10 heteroatoms. The second-order valence-electron chi connectivity index (χ2n) is 7.55. The van der Waals surface area contributed by atoms with E-state index >= 15 is 0 Å². The van der Waals surface area contributed by atoms with Gasteiger partial charge in [0.1, 0.15) is 5.82 Å². The van der Waals surface area contributed by atoms with Crippen LogP contribution in [0.25, 0.3) is 0 Å². The summed E-state index contributed by atoms with van der Waals surface area (Å²) in [6.45, 7) is 2.09. The van der Waals surface area contributed by atoms with Crippen LogP contribution in [0.2, 0.25) is 0 Å². The maximum atomic E-state index is 12.8. The van der Waals surface area contributed by atoms with Crippen molar-refractivity contribution in [2.45, 2.75) is 25.8 Å². The first-order valence-electron chi connectivity index (χ1n) is 9.35. The van der Waals surface area contributed by atoms with Gasteiger partial charge < -0.3 is 10.2 Å². The number of rotatable bonds is 4. The van der Waals surface area contributed by atoms with Crippen molar-refractivity contribution in [1.82, 2.24) is 9.78 Å². The highest BCUT2D eigenvalue weighted by Gasteiger charge is 2.36. The lowest BCUT2D eigenvalue weighted by Gasteiger charge is -2.18. The Labute approximate surface area is 177 Å². The summed E-state index contributed by atoms with van der Waals surface area (Å²) in [7, 11) is -3.07. The van der Waals surface area contributed by atoms with E-state index in [9.17, 15) is 18.0 Å². The first-order valence-corrected chi connectivity index (χ1v) is 12.0. The van der Waals surface area contributed by atoms with Crippen molar-refractivity contribution in [3.05, 3.63) is 40.5 Å². The number of aryl methyl sites for hydroxylation is 1. The lowest BCUT2D eigenvalue weighted by Crippen LogP contribution is -2.29. The molecule has 3 heterocycles. The molecule has 2 aromatic rings. The van der Waals surface area contributed by atoms with Crippen molar-refractivity contribution in [3.8, 4) is 0 Å². The Balaban J connectivity index is 1.49. The number of carbonyl (C=O) groups is 2. The number of carbonyl (C=O) groups excluding carboxylic acids is 2. The van der Waals surface area contributed by atoms with Gasteiger partial charge in [0, 0.05) is 29.2 Å². The molecule has 1 aromatic carbocycles. The Morgan fingerprint density at radius 1 is 1.31 bits per heavy atom. The summed E-state index contributed by atoms with van der Waals surface area (Å²) in [5, 5.41) is 7.24. The summed E-state index contributed by atoms with van der Waals surface area (Å²) in [4.78, 5) is 26.9. The van der Waals surface area contributed by atoms with E-state index in [0.717, 1.165) is 10.2 Å². The quantitative estimate of drug-likeness (QED) is 0.723. The van der Waals surface area contributed by atoms with E-state index in [-0.39, 0.29) is 35.8 Å². The third-order valence-corrected chi connectivity index (χ3v) is 7.52. The highest BCUT2D eigenvalue weighted by atomic mass is 79.9. The molecule has 8 nitrogen and oxygen atoms in total. The van der Waals surface area contributed by atoms with Gasteiger partial charge >= 0.3 is 0 Å². The number of halogens is 1. The van der Waals surface area contributed by atoms with Gasteiger partial charge in [0.2, 0.25) is 11.8 Å². The summed E-state index contributed by atoms with van der Waals surface area (Å²) in [5.74, 6) is -0.230. The highest BCUT2D eigenvalue weighted by Crippen LogP contribution is 2.30. The number of sulfone groups is 1. The maximum Gasteiger partial charge on any atom is 0.230 e. The van der Waals surface area contributed by atoms with Crippen molar-refractivity contribution >= 4 is 49.1 Å². The lowest BCUT2D eigenvalue weighted by atomic mass is 10.1. The minimum atomic E-state index is -3.07. The predicted molar refractivity (Wildman–Crippen MR) is 113 cm³/mol. The zero-order valence-electron chi connectivity index (χ0n) is 15.8. The SMILES string of the molecule is Cc1cc(NC(=O)C2CC(=O)N(c3cccc(Br)c3)C2)n(C2CCS(=O)(=O)C2)n1. The summed E-state index contributed by atoms with van der Waals surface area (Å²) < 4.78 is 26.1. The largest absolute Gasteiger partial charge is 0.312 e. The second kappa shape index (κ2) is 7.56. The van der Waals surface area contributed by atoms with Gasteiger partial charge in [-0.3, -0.25) is 9.59 Å². The molecule has 0 saturated carbocycles. The van der Waals surface area contributed by atoms with Crippen LogP contribution in [0.5, 0.6) is 0 Å². The van der Waals surface area contributed by atoms with E-state index < -0.39 is 15.8 Å². The molecule has 2 fully saturated rings. The Bertz CT molecular complexity index is 1080. The van der Waals surface area contributed by atoms with E-state index in [1.807, 2.05) is 24.3 Å². The van der Waals surface area contributed by atoms with E-state index in [1.165, 1.54) is 0 Å². The average molecular weight is 481 g/mol. The summed E-state index contributed by atoms with van der Waals surface area (Å²) in [6, 6.07) is 8.84. The van der Waals surface area contributed by atoms with Crippen LogP contribution >= 0.6 is 15.9 Å². The smallest absolute Gasteiger partial charge is 0.230 e. The average Bonchev–Trinajstić information content (AvgIpc) is 3.31. The number of hydrogen-bond acceptors (Lipinski definition) is 5. The van der Waals surface area contributed by atoms with Gasteiger partial charge in [-0.05, 0) is 31.5 Å². The van der Waals surface area contributed by atoms with Crippen molar-refractivity contribution < 1.29 is 18.0 Å². The van der Waals surface area contributed by atoms with Crippen molar-refractivity contribution in [3.63, 3.8) is 0 Å². The summed E-state index contributed by atoms with van der Waals surface area (Å²) in [5.41, 5.74) is 1.44. The normalized spacial score (nSPS) is 23.5. The number of anilines is 2. The van der Waals surface area contributed by atoms with Crippen LogP contribution < -0.4 is 10.2 Å². The minimum absolute atomic E-state index is 0.0234. The van der Waals surface area contributed by atoms with Crippen LogP contribution in [0.1, 0.15) is 24.6 Å². The monoisotopic (exact) mass is 480 g/mol. The van der Waals surface area contributed by atoms with Gasteiger partial charge in [0.25, 0.3) is 0 Å². The number of hydrogen-bond donors (Lipinski definition) is 1. The van der Waals surface area contributed by atoms with E-state index in [2.05, 4.69) is 26.3 Å². The van der Waals surface area contributed by atoms with Gasteiger partial charge in [-0.25, -0.2) is 13.1 Å². The molecule has 2 atom stereocenters. The molecule has 29 heavy (non-hydrogen) atoms. The zero-order valence-corrected chi connectivity index (χ0v) is 18.2. The van der Waals surface area contributed by atoms with Crippen LogP contribution in [-0.2, 0) is 19.4 Å². The first-order chi connectivity index (χ1) is 13.7. The number of aromatic nitrogens is 2. The molecule has 0 bridgehead atoms. The predicted octanol–water partition coefficient (Wildman–Crippen LogP) is 2.31. The van der Waals surface area contributed by atoms with Crippen LogP contribution in [0.3, 0.4) is 0 Å². The molecule has 4 rings (SSSR count). The van der Waals surface area contributed by atoms with Crippen molar-refractivity contribution in [2.75, 3.05) is 28.3 Å². The number of amides is 2. The molecule has 0 spiro atoms. The van der Waals surface area contributed by atoms with Crippen LogP contribution in [0, 0.1) is 12.8 Å². The lowest BCUT2D eigenvalue weighted by molar-refractivity contribution is -0.122. The third kappa shape index (κ3) is 4.23. The fraction of sp³-hybridized carbons (Fsp3) is 0.421. The first kappa shape index (κ1) is 20.1. The topological polar surface area (TPSA) is 101 Å². The van der Waals surface area contributed by atoms with Gasteiger partial charge in [-0.2, -0.15) is 5.10 Å². The molecule has 0 aliphatic carbocycles. The summed E-state index contributed by atoms with van der Waals surface area (Å²) in [6.07, 6.45) is 0.605. The molecule has 2 unspecified atom stereocenters. The molecule has 2 saturated heterocycles. The Hall–Kier alpha value is -2.20. The molecular weight excluding hydrogens is 460 g/mol. The van der Waals surface area contributed by atoms with Crippen molar-refractivity contribution in [1.29, 1.82) is 0 Å². The van der Waals surface area contributed by atoms with Gasteiger partial charge in [0.15, 0.2) is 9.84 Å². The van der Waals surface area contributed by atoms with Gasteiger partial charge in [0.05, 0.1) is 29.2 Å². The molecule has 2 aliphatic rings. The van der Waals surface area contributed by atoms with Crippen molar-refractivity contribution in [2.24, 2.45) is 5.92 Å². The zero-order chi connectivity index (χ0) is 20.8. The highest BCUT2D eigenvalue weighted by molar-refractivity contribution is 9.10. The molecule has 1 N–H and O–H groups in total. The van der Waals surface area contributed by atoms with Crippen LogP contribution in [-0.4, -0.2) is 48.1 Å².